The number of ether oxygens (including phenoxy) is 2. The van der Waals surface area contributed by atoms with Crippen LogP contribution in [0.5, 0.6) is 5.75 Å². The Bertz CT molecular complexity index is 971. The van der Waals surface area contributed by atoms with Gasteiger partial charge in [0.15, 0.2) is 6.61 Å². The molecule has 1 atom stereocenters. The molecule has 2 aromatic carbocycles. The molecule has 0 saturated carbocycles. The van der Waals surface area contributed by atoms with Gasteiger partial charge in [-0.15, -0.1) is 0 Å². The molecule has 3 rings (SSSR count). The van der Waals surface area contributed by atoms with Crippen LogP contribution in [0.15, 0.2) is 36.4 Å². The number of methoxy groups -OCH3 is 1. The van der Waals surface area contributed by atoms with E-state index >= 15 is 0 Å². The number of anilines is 2. The van der Waals surface area contributed by atoms with Crippen molar-refractivity contribution in [2.75, 3.05) is 30.5 Å². The summed E-state index contributed by atoms with van der Waals surface area (Å²) in [7, 11) is 1.49. The number of carbonyl (C=O) groups excluding carboxylic acids is 3. The van der Waals surface area contributed by atoms with Crippen molar-refractivity contribution >= 4 is 40.8 Å². The Morgan fingerprint density at radius 1 is 1.17 bits per heavy atom. The van der Waals surface area contributed by atoms with Crippen LogP contribution in [0.2, 0.25) is 5.02 Å². The Labute approximate surface area is 179 Å². The van der Waals surface area contributed by atoms with Crippen LogP contribution in [0.1, 0.15) is 17.5 Å². The van der Waals surface area contributed by atoms with Crippen molar-refractivity contribution in [3.8, 4) is 5.75 Å². The number of aryl methyl sites for hydroxylation is 2. The second-order valence-corrected chi connectivity index (χ2v) is 7.69. The second kappa shape index (κ2) is 9.17. The van der Waals surface area contributed by atoms with Crippen molar-refractivity contribution in [2.24, 2.45) is 5.92 Å². The van der Waals surface area contributed by atoms with E-state index in [-0.39, 0.29) is 18.9 Å². The van der Waals surface area contributed by atoms with Crippen molar-refractivity contribution in [1.29, 1.82) is 0 Å². The minimum atomic E-state index is -0.671. The molecule has 1 aliphatic rings. The molecule has 0 bridgehead atoms. The minimum absolute atomic E-state index is 0.00675. The summed E-state index contributed by atoms with van der Waals surface area (Å²) >= 11 is 6.04. The van der Waals surface area contributed by atoms with Gasteiger partial charge >= 0.3 is 5.97 Å². The van der Waals surface area contributed by atoms with Gasteiger partial charge in [-0.1, -0.05) is 17.7 Å². The maximum absolute atomic E-state index is 12.5. The number of halogens is 1. The van der Waals surface area contributed by atoms with E-state index in [1.54, 1.807) is 18.2 Å². The molecule has 2 aromatic rings. The Morgan fingerprint density at radius 3 is 2.53 bits per heavy atom. The van der Waals surface area contributed by atoms with Crippen molar-refractivity contribution < 1.29 is 23.9 Å². The highest BCUT2D eigenvalue weighted by molar-refractivity contribution is 6.31. The molecule has 2 amide bonds. The zero-order valence-electron chi connectivity index (χ0n) is 17.0. The molecule has 0 unspecified atom stereocenters. The van der Waals surface area contributed by atoms with Crippen LogP contribution in [0.3, 0.4) is 0 Å². The molecule has 1 aliphatic heterocycles. The SMILES string of the molecule is COc1ccc(Cl)cc1N1C[C@H](C(=O)OCC(=O)Nc2cc(C)cc(C)c2)CC1=O. The summed E-state index contributed by atoms with van der Waals surface area (Å²) in [5.41, 5.74) is 3.17. The summed E-state index contributed by atoms with van der Waals surface area (Å²) in [5, 5.41) is 3.16. The molecule has 0 radical (unpaired) electrons. The summed E-state index contributed by atoms with van der Waals surface area (Å²) in [6, 6.07) is 10.6. The fraction of sp³-hybridized carbons (Fsp3) is 0.318. The normalized spacial score (nSPS) is 15.8. The Balaban J connectivity index is 1.58. The van der Waals surface area contributed by atoms with E-state index in [0.717, 1.165) is 11.1 Å². The monoisotopic (exact) mass is 430 g/mol. The number of nitrogens with one attached hydrogen (secondary N) is 1. The molecule has 1 saturated heterocycles. The van der Waals surface area contributed by atoms with Gasteiger partial charge in [0.2, 0.25) is 5.91 Å². The van der Waals surface area contributed by atoms with Crippen LogP contribution >= 0.6 is 11.6 Å². The Hall–Kier alpha value is -3.06. The smallest absolute Gasteiger partial charge is 0.311 e. The van der Waals surface area contributed by atoms with Gasteiger partial charge in [-0.2, -0.15) is 0 Å². The number of rotatable bonds is 6. The van der Waals surface area contributed by atoms with E-state index in [2.05, 4.69) is 5.32 Å². The molecule has 8 heteroatoms. The predicted octanol–water partition coefficient (Wildman–Crippen LogP) is 3.50. The van der Waals surface area contributed by atoms with Crippen LogP contribution in [-0.4, -0.2) is 38.0 Å². The quantitative estimate of drug-likeness (QED) is 0.709. The number of carbonyl (C=O) groups is 3. The number of nitrogens with zero attached hydrogens (tertiary/aromatic N) is 1. The van der Waals surface area contributed by atoms with Crippen molar-refractivity contribution in [3.05, 3.63) is 52.5 Å². The first kappa shape index (κ1) is 21.6. The summed E-state index contributed by atoms with van der Waals surface area (Å²) in [4.78, 5) is 38.4. The van der Waals surface area contributed by atoms with Gasteiger partial charge in [-0.25, -0.2) is 0 Å². The van der Waals surface area contributed by atoms with E-state index in [1.807, 2.05) is 32.0 Å². The lowest BCUT2D eigenvalue weighted by Gasteiger charge is -2.19. The van der Waals surface area contributed by atoms with Gasteiger partial charge in [0.05, 0.1) is 18.7 Å². The molecule has 30 heavy (non-hydrogen) atoms. The van der Waals surface area contributed by atoms with Crippen molar-refractivity contribution in [1.82, 2.24) is 0 Å². The molecule has 1 N–H and O–H groups in total. The standard InChI is InChI=1S/C22H23ClN2O5/c1-13-6-14(2)8-17(7-13)24-20(26)12-30-22(28)15-9-21(27)25(11-15)18-10-16(23)4-5-19(18)29-3/h4-8,10,15H,9,11-12H2,1-3H3,(H,24,26)/t15-/m1/s1. The molecular weight excluding hydrogens is 408 g/mol. The van der Waals surface area contributed by atoms with E-state index in [0.29, 0.717) is 22.1 Å². The highest BCUT2D eigenvalue weighted by Gasteiger charge is 2.37. The maximum Gasteiger partial charge on any atom is 0.311 e. The average molecular weight is 431 g/mol. The van der Waals surface area contributed by atoms with Gasteiger partial charge in [0.25, 0.3) is 5.91 Å². The van der Waals surface area contributed by atoms with E-state index in [1.165, 1.54) is 12.0 Å². The number of esters is 1. The topological polar surface area (TPSA) is 84.9 Å². The summed E-state index contributed by atoms with van der Waals surface area (Å²) < 4.78 is 10.4. The van der Waals surface area contributed by atoms with Gasteiger partial charge in [0.1, 0.15) is 5.75 Å². The third kappa shape index (κ3) is 5.10. The lowest BCUT2D eigenvalue weighted by Crippen LogP contribution is -2.28. The highest BCUT2D eigenvalue weighted by Crippen LogP contribution is 2.35. The number of benzene rings is 2. The van der Waals surface area contributed by atoms with Gasteiger partial charge in [-0.05, 0) is 55.3 Å². The predicted molar refractivity (Wildman–Crippen MR) is 114 cm³/mol. The molecule has 1 heterocycles. The number of amides is 2. The Kier molecular flexibility index (Phi) is 6.62. The highest BCUT2D eigenvalue weighted by atomic mass is 35.5. The van der Waals surface area contributed by atoms with E-state index < -0.39 is 24.4 Å². The molecule has 0 spiro atoms. The first-order valence-electron chi connectivity index (χ1n) is 9.45. The lowest BCUT2D eigenvalue weighted by molar-refractivity contribution is -0.151. The zero-order valence-corrected chi connectivity index (χ0v) is 17.8. The molecule has 0 aromatic heterocycles. The van der Waals surface area contributed by atoms with E-state index in [9.17, 15) is 14.4 Å². The third-order valence-corrected chi connectivity index (χ3v) is 4.98. The first-order valence-corrected chi connectivity index (χ1v) is 9.83. The Morgan fingerprint density at radius 2 is 1.87 bits per heavy atom. The molecular formula is C22H23ClN2O5. The molecule has 7 nitrogen and oxygen atoms in total. The first-order chi connectivity index (χ1) is 14.3. The van der Waals surface area contributed by atoms with Gasteiger partial charge < -0.3 is 19.7 Å². The third-order valence-electron chi connectivity index (χ3n) is 4.74. The summed E-state index contributed by atoms with van der Waals surface area (Å²) in [6.07, 6.45) is -0.00675. The fourth-order valence-corrected chi connectivity index (χ4v) is 3.64. The molecule has 0 aliphatic carbocycles. The van der Waals surface area contributed by atoms with Crippen LogP contribution < -0.4 is 15.0 Å². The lowest BCUT2D eigenvalue weighted by atomic mass is 10.1. The van der Waals surface area contributed by atoms with Crippen molar-refractivity contribution in [3.63, 3.8) is 0 Å². The molecule has 1 fully saturated rings. The van der Waals surface area contributed by atoms with Crippen LogP contribution in [0, 0.1) is 19.8 Å². The number of hydrogen-bond acceptors (Lipinski definition) is 5. The van der Waals surface area contributed by atoms with Crippen LogP contribution in [-0.2, 0) is 19.1 Å². The van der Waals surface area contributed by atoms with Crippen LogP contribution in [0.25, 0.3) is 0 Å². The van der Waals surface area contributed by atoms with Gasteiger partial charge in [-0.3, -0.25) is 14.4 Å². The minimum Gasteiger partial charge on any atom is -0.495 e. The zero-order chi connectivity index (χ0) is 21.8. The average Bonchev–Trinajstić information content (AvgIpc) is 3.07. The largest absolute Gasteiger partial charge is 0.495 e. The number of hydrogen-bond donors (Lipinski definition) is 1. The second-order valence-electron chi connectivity index (χ2n) is 7.25. The van der Waals surface area contributed by atoms with Crippen molar-refractivity contribution in [2.45, 2.75) is 20.3 Å². The maximum atomic E-state index is 12.5. The summed E-state index contributed by atoms with van der Waals surface area (Å²) in [6.45, 7) is 3.57. The van der Waals surface area contributed by atoms with E-state index in [4.69, 9.17) is 21.1 Å². The summed E-state index contributed by atoms with van der Waals surface area (Å²) in [5.74, 6) is -1.46. The molecule has 158 valence electrons. The van der Waals surface area contributed by atoms with Gasteiger partial charge in [0, 0.05) is 23.7 Å². The van der Waals surface area contributed by atoms with Crippen LogP contribution in [0.4, 0.5) is 11.4 Å². The fourth-order valence-electron chi connectivity index (χ4n) is 3.47.